The Morgan fingerprint density at radius 2 is 2.00 bits per heavy atom. The van der Waals surface area contributed by atoms with Crippen LogP contribution in [0.2, 0.25) is 0 Å². The fourth-order valence-corrected chi connectivity index (χ4v) is 2.98. The van der Waals surface area contributed by atoms with Crippen molar-refractivity contribution in [1.82, 2.24) is 4.98 Å². The van der Waals surface area contributed by atoms with Crippen molar-refractivity contribution in [3.05, 3.63) is 36.0 Å². The quantitative estimate of drug-likeness (QED) is 0.532. The van der Waals surface area contributed by atoms with E-state index in [4.69, 9.17) is 27.9 Å². The molecule has 1 aromatic carbocycles. The molecule has 0 unspecified atom stereocenters. The standard InChI is InChI=1S/C15H13Cl2NO3/c1-14(8-15(14,16)17)13(20)21-7-12(19)10-6-18-11-5-3-2-4-9(10)11/h2-6,18H,7-8H2,1H3/t14-/m1/s1. The van der Waals surface area contributed by atoms with Gasteiger partial charge in [-0.1, -0.05) is 18.2 Å². The summed E-state index contributed by atoms with van der Waals surface area (Å²) < 4.78 is 3.98. The zero-order valence-electron chi connectivity index (χ0n) is 11.3. The summed E-state index contributed by atoms with van der Waals surface area (Å²) in [4.78, 5) is 27.1. The van der Waals surface area contributed by atoms with Crippen LogP contribution in [0.1, 0.15) is 23.7 Å². The van der Waals surface area contributed by atoms with Crippen molar-refractivity contribution in [3.8, 4) is 0 Å². The van der Waals surface area contributed by atoms with Gasteiger partial charge in [-0.05, 0) is 13.0 Å². The van der Waals surface area contributed by atoms with Crippen molar-refractivity contribution in [1.29, 1.82) is 0 Å². The van der Waals surface area contributed by atoms with Crippen LogP contribution in [-0.4, -0.2) is 27.7 Å². The molecule has 4 nitrogen and oxygen atoms in total. The summed E-state index contributed by atoms with van der Waals surface area (Å²) in [5.41, 5.74) is 0.445. The van der Waals surface area contributed by atoms with E-state index in [-0.39, 0.29) is 12.4 Å². The second-order valence-corrected chi connectivity index (χ2v) is 6.94. The number of alkyl halides is 2. The van der Waals surface area contributed by atoms with Crippen LogP contribution in [0.4, 0.5) is 0 Å². The highest BCUT2D eigenvalue weighted by atomic mass is 35.5. The molecule has 21 heavy (non-hydrogen) atoms. The molecule has 0 aliphatic heterocycles. The van der Waals surface area contributed by atoms with E-state index in [0.29, 0.717) is 12.0 Å². The first-order valence-electron chi connectivity index (χ1n) is 6.49. The largest absolute Gasteiger partial charge is 0.457 e. The van der Waals surface area contributed by atoms with E-state index >= 15 is 0 Å². The number of hydrogen-bond donors (Lipinski definition) is 1. The molecule has 3 rings (SSSR count). The molecule has 1 aliphatic rings. The number of nitrogens with one attached hydrogen (secondary N) is 1. The summed E-state index contributed by atoms with van der Waals surface area (Å²) in [5, 5.41) is 0.806. The molecule has 1 aliphatic carbocycles. The fourth-order valence-electron chi connectivity index (χ4n) is 2.29. The molecule has 2 aromatic rings. The average Bonchev–Trinajstić information content (AvgIpc) is 2.82. The van der Waals surface area contributed by atoms with Crippen LogP contribution in [0.5, 0.6) is 0 Å². The van der Waals surface area contributed by atoms with Crippen molar-refractivity contribution >= 4 is 45.9 Å². The SMILES string of the molecule is C[C@]1(C(=O)OCC(=O)c2c[nH]c3ccccc23)CC1(Cl)Cl. The van der Waals surface area contributed by atoms with Gasteiger partial charge in [-0.3, -0.25) is 9.59 Å². The number of aromatic nitrogens is 1. The highest BCUT2D eigenvalue weighted by Crippen LogP contribution is 2.64. The predicted molar refractivity (Wildman–Crippen MR) is 80.7 cm³/mol. The van der Waals surface area contributed by atoms with Crippen LogP contribution in [0.25, 0.3) is 10.9 Å². The topological polar surface area (TPSA) is 59.2 Å². The number of rotatable bonds is 4. The molecule has 0 amide bonds. The third kappa shape index (κ3) is 2.32. The molecule has 1 saturated carbocycles. The number of ketones is 1. The summed E-state index contributed by atoms with van der Waals surface area (Å²) in [6, 6.07) is 7.44. The lowest BCUT2D eigenvalue weighted by molar-refractivity contribution is -0.148. The predicted octanol–water partition coefficient (Wildman–Crippen LogP) is 3.48. The number of benzene rings is 1. The lowest BCUT2D eigenvalue weighted by atomic mass is 10.1. The van der Waals surface area contributed by atoms with Gasteiger partial charge in [0.05, 0.1) is 0 Å². The number of esters is 1. The number of carbonyl (C=O) groups is 2. The molecule has 0 bridgehead atoms. The van der Waals surface area contributed by atoms with Crippen LogP contribution in [0.3, 0.4) is 0 Å². The Hall–Kier alpha value is -1.52. The van der Waals surface area contributed by atoms with E-state index in [1.54, 1.807) is 13.1 Å². The molecule has 0 saturated heterocycles. The Morgan fingerprint density at radius 1 is 1.33 bits per heavy atom. The first-order valence-corrected chi connectivity index (χ1v) is 7.25. The second kappa shape index (κ2) is 4.75. The van der Waals surface area contributed by atoms with Gasteiger partial charge in [-0.25, -0.2) is 0 Å². The van der Waals surface area contributed by atoms with Crippen molar-refractivity contribution < 1.29 is 14.3 Å². The van der Waals surface area contributed by atoms with Crippen LogP contribution in [0, 0.1) is 5.41 Å². The molecule has 1 fully saturated rings. The minimum Gasteiger partial charge on any atom is -0.457 e. The van der Waals surface area contributed by atoms with Gasteiger partial charge in [0.15, 0.2) is 6.61 Å². The van der Waals surface area contributed by atoms with Crippen LogP contribution in [0.15, 0.2) is 30.5 Å². The monoisotopic (exact) mass is 325 g/mol. The number of ether oxygens (including phenoxy) is 1. The molecule has 1 heterocycles. The Balaban J connectivity index is 1.69. The van der Waals surface area contributed by atoms with Crippen LogP contribution < -0.4 is 0 Å². The van der Waals surface area contributed by atoms with E-state index in [2.05, 4.69) is 4.98 Å². The van der Waals surface area contributed by atoms with E-state index in [1.807, 2.05) is 24.3 Å². The number of para-hydroxylation sites is 1. The minimum atomic E-state index is -1.09. The summed E-state index contributed by atoms with van der Waals surface area (Å²) in [5.74, 6) is -0.805. The van der Waals surface area contributed by atoms with E-state index < -0.39 is 15.7 Å². The van der Waals surface area contributed by atoms with E-state index in [0.717, 1.165) is 10.9 Å². The van der Waals surface area contributed by atoms with Crippen molar-refractivity contribution in [3.63, 3.8) is 0 Å². The average molecular weight is 326 g/mol. The van der Waals surface area contributed by atoms with Gasteiger partial charge in [-0.2, -0.15) is 0 Å². The molecule has 1 N–H and O–H groups in total. The number of aromatic amines is 1. The maximum Gasteiger partial charge on any atom is 0.315 e. The highest BCUT2D eigenvalue weighted by Gasteiger charge is 2.69. The Bertz CT molecular complexity index is 737. The Labute approximate surface area is 131 Å². The van der Waals surface area contributed by atoms with Crippen molar-refractivity contribution in [2.24, 2.45) is 5.41 Å². The number of H-pyrrole nitrogens is 1. The summed E-state index contributed by atoms with van der Waals surface area (Å²) in [6.45, 7) is 1.31. The number of fused-ring (bicyclic) bond motifs is 1. The Kier molecular flexibility index (Phi) is 3.26. The molecule has 0 spiro atoms. The lowest BCUT2D eigenvalue weighted by Gasteiger charge is -2.11. The van der Waals surface area contributed by atoms with Gasteiger partial charge in [-0.15, -0.1) is 23.2 Å². The van der Waals surface area contributed by atoms with Gasteiger partial charge in [0.2, 0.25) is 5.78 Å². The van der Waals surface area contributed by atoms with Gasteiger partial charge >= 0.3 is 5.97 Å². The Morgan fingerprint density at radius 3 is 2.67 bits per heavy atom. The zero-order valence-corrected chi connectivity index (χ0v) is 12.8. The smallest absolute Gasteiger partial charge is 0.315 e. The first kappa shape index (κ1) is 14.4. The third-order valence-electron chi connectivity index (χ3n) is 3.93. The molecule has 110 valence electrons. The summed E-state index contributed by atoms with van der Waals surface area (Å²) >= 11 is 11.8. The fraction of sp³-hybridized carbons (Fsp3) is 0.333. The number of carbonyl (C=O) groups excluding carboxylic acids is 2. The maximum absolute atomic E-state index is 12.2. The van der Waals surface area contributed by atoms with Crippen molar-refractivity contribution in [2.45, 2.75) is 17.7 Å². The molecule has 0 radical (unpaired) electrons. The third-order valence-corrected chi connectivity index (χ3v) is 5.03. The normalized spacial score (nSPS) is 23.0. The van der Waals surface area contributed by atoms with Gasteiger partial charge in [0, 0.05) is 29.1 Å². The lowest BCUT2D eigenvalue weighted by Crippen LogP contribution is -2.24. The van der Waals surface area contributed by atoms with Crippen molar-refractivity contribution in [2.75, 3.05) is 6.61 Å². The number of halogens is 2. The van der Waals surface area contributed by atoms with E-state index in [1.165, 1.54) is 0 Å². The molecule has 1 aromatic heterocycles. The van der Waals surface area contributed by atoms with Gasteiger partial charge in [0.25, 0.3) is 0 Å². The molecule has 6 heteroatoms. The highest BCUT2D eigenvalue weighted by molar-refractivity contribution is 6.53. The van der Waals surface area contributed by atoms with E-state index in [9.17, 15) is 9.59 Å². The van der Waals surface area contributed by atoms with Crippen LogP contribution >= 0.6 is 23.2 Å². The molecular formula is C15H13Cl2NO3. The first-order chi connectivity index (χ1) is 9.85. The second-order valence-electron chi connectivity index (χ2n) is 5.46. The summed E-state index contributed by atoms with van der Waals surface area (Å²) in [6.07, 6.45) is 1.95. The van der Waals surface area contributed by atoms with Gasteiger partial charge < -0.3 is 9.72 Å². The number of Topliss-reactive ketones (excluding diaryl/α,β-unsaturated/α-hetero) is 1. The number of hydrogen-bond acceptors (Lipinski definition) is 3. The summed E-state index contributed by atoms with van der Waals surface area (Å²) in [7, 11) is 0. The van der Waals surface area contributed by atoms with Gasteiger partial charge in [0.1, 0.15) is 9.75 Å². The minimum absolute atomic E-state index is 0.264. The van der Waals surface area contributed by atoms with Crippen LogP contribution in [-0.2, 0) is 9.53 Å². The maximum atomic E-state index is 12.2. The molecular weight excluding hydrogens is 313 g/mol. The zero-order chi connectivity index (χ0) is 15.3. The molecule has 1 atom stereocenters.